The maximum Gasteiger partial charge on any atom is 0.0420 e. The molecule has 0 aliphatic carbocycles. The van der Waals surface area contributed by atoms with Crippen LogP contribution in [0.1, 0.15) is 19.4 Å². The summed E-state index contributed by atoms with van der Waals surface area (Å²) in [5.41, 5.74) is 1.49. The Bertz CT molecular complexity index is 236. The Balaban J connectivity index is 2.98. The van der Waals surface area contributed by atoms with Crippen LogP contribution in [0.2, 0.25) is 13.1 Å². The molecule has 0 fully saturated rings. The minimum atomic E-state index is -0.606. The van der Waals surface area contributed by atoms with Crippen molar-refractivity contribution in [3.8, 4) is 0 Å². The first kappa shape index (κ1) is 9.52. The lowest BCUT2D eigenvalue weighted by Crippen LogP contribution is -2.32. The van der Waals surface area contributed by atoms with Crippen LogP contribution in [0, 0.1) is 0 Å². The van der Waals surface area contributed by atoms with Crippen LogP contribution >= 0.6 is 0 Å². The number of benzene rings is 1. The van der Waals surface area contributed by atoms with E-state index in [0.717, 1.165) is 0 Å². The average Bonchev–Trinajstić information content (AvgIpc) is 2.06. The standard InChI is InChI=1S/C11H18Si/c1-11(2,12(3)4)10-8-6-5-7-9-10/h5-9,12H,1-4H3. The van der Waals surface area contributed by atoms with Crippen LogP contribution in [-0.2, 0) is 5.04 Å². The molecule has 0 atom stereocenters. The minimum Gasteiger partial charge on any atom is -0.0715 e. The maximum atomic E-state index is 2.41. The first-order valence-corrected chi connectivity index (χ1v) is 7.49. The van der Waals surface area contributed by atoms with Crippen molar-refractivity contribution in [3.63, 3.8) is 0 Å². The zero-order valence-electron chi connectivity index (χ0n) is 8.46. The molecule has 1 aromatic carbocycles. The topological polar surface area (TPSA) is 0 Å². The molecule has 0 spiro atoms. The van der Waals surface area contributed by atoms with Gasteiger partial charge in [-0.2, -0.15) is 0 Å². The van der Waals surface area contributed by atoms with Crippen molar-refractivity contribution in [2.45, 2.75) is 32.0 Å². The van der Waals surface area contributed by atoms with E-state index in [-0.39, 0.29) is 0 Å². The van der Waals surface area contributed by atoms with Crippen molar-refractivity contribution in [2.24, 2.45) is 0 Å². The van der Waals surface area contributed by atoms with E-state index in [4.69, 9.17) is 0 Å². The first-order valence-electron chi connectivity index (χ1n) is 4.60. The van der Waals surface area contributed by atoms with Crippen molar-refractivity contribution in [1.29, 1.82) is 0 Å². The van der Waals surface area contributed by atoms with Gasteiger partial charge in [-0.15, -0.1) is 0 Å². The SMILES string of the molecule is C[SiH](C)C(C)(C)c1ccccc1. The van der Waals surface area contributed by atoms with Crippen LogP contribution in [0.25, 0.3) is 0 Å². The van der Waals surface area contributed by atoms with E-state index in [1.165, 1.54) is 5.56 Å². The van der Waals surface area contributed by atoms with Gasteiger partial charge in [-0.25, -0.2) is 0 Å². The molecule has 1 aromatic rings. The Kier molecular flexibility index (Phi) is 2.73. The molecule has 0 heterocycles. The maximum absolute atomic E-state index is 2.41. The van der Waals surface area contributed by atoms with Crippen LogP contribution in [-0.4, -0.2) is 8.80 Å². The summed E-state index contributed by atoms with van der Waals surface area (Å²) in [7, 11) is -0.606. The van der Waals surface area contributed by atoms with Crippen LogP contribution in [0.4, 0.5) is 0 Å². The lowest BCUT2D eigenvalue weighted by atomic mass is 10.0. The molecular formula is C11H18Si. The lowest BCUT2D eigenvalue weighted by Gasteiger charge is -2.28. The van der Waals surface area contributed by atoms with Gasteiger partial charge in [-0.05, 0) is 10.6 Å². The average molecular weight is 178 g/mol. The Morgan fingerprint density at radius 1 is 1.00 bits per heavy atom. The molecule has 0 bridgehead atoms. The summed E-state index contributed by atoms with van der Waals surface area (Å²) in [4.78, 5) is 0. The van der Waals surface area contributed by atoms with E-state index in [0.29, 0.717) is 5.04 Å². The molecule has 0 unspecified atom stereocenters. The van der Waals surface area contributed by atoms with E-state index >= 15 is 0 Å². The van der Waals surface area contributed by atoms with Gasteiger partial charge < -0.3 is 0 Å². The number of hydrogen-bond acceptors (Lipinski definition) is 0. The summed E-state index contributed by atoms with van der Waals surface area (Å²) in [5.74, 6) is 0. The largest absolute Gasteiger partial charge is 0.0715 e. The van der Waals surface area contributed by atoms with E-state index in [9.17, 15) is 0 Å². The quantitative estimate of drug-likeness (QED) is 0.611. The zero-order valence-corrected chi connectivity index (χ0v) is 9.62. The Hall–Kier alpha value is -0.563. The molecule has 1 heteroatoms. The monoisotopic (exact) mass is 178 g/mol. The fourth-order valence-corrected chi connectivity index (χ4v) is 2.06. The molecule has 66 valence electrons. The molecule has 0 N–H and O–H groups in total. The van der Waals surface area contributed by atoms with Crippen molar-refractivity contribution in [1.82, 2.24) is 0 Å². The van der Waals surface area contributed by atoms with E-state index in [1.54, 1.807) is 0 Å². The molecule has 0 saturated heterocycles. The lowest BCUT2D eigenvalue weighted by molar-refractivity contribution is 0.738. The van der Waals surface area contributed by atoms with Gasteiger partial charge in [0.15, 0.2) is 0 Å². The highest BCUT2D eigenvalue weighted by Gasteiger charge is 2.24. The van der Waals surface area contributed by atoms with Gasteiger partial charge in [-0.3, -0.25) is 0 Å². The van der Waals surface area contributed by atoms with E-state index < -0.39 is 8.80 Å². The van der Waals surface area contributed by atoms with Crippen LogP contribution in [0.15, 0.2) is 30.3 Å². The summed E-state index contributed by atoms with van der Waals surface area (Å²) in [6, 6.07) is 10.8. The first-order chi connectivity index (χ1) is 5.55. The third kappa shape index (κ3) is 1.78. The highest BCUT2D eigenvalue weighted by Crippen LogP contribution is 2.25. The third-order valence-electron chi connectivity index (χ3n) is 2.96. The van der Waals surface area contributed by atoms with Crippen molar-refractivity contribution in [3.05, 3.63) is 35.9 Å². The fourth-order valence-electron chi connectivity index (χ4n) is 1.20. The predicted molar refractivity (Wildman–Crippen MR) is 58.3 cm³/mol. The Morgan fingerprint density at radius 2 is 1.50 bits per heavy atom. The summed E-state index contributed by atoms with van der Waals surface area (Å²) in [6.45, 7) is 9.54. The molecular weight excluding hydrogens is 160 g/mol. The van der Waals surface area contributed by atoms with Gasteiger partial charge >= 0.3 is 0 Å². The zero-order chi connectivity index (χ0) is 9.19. The molecule has 0 radical (unpaired) electrons. The Morgan fingerprint density at radius 3 is 1.92 bits per heavy atom. The van der Waals surface area contributed by atoms with Gasteiger partial charge in [0.25, 0.3) is 0 Å². The summed E-state index contributed by atoms with van der Waals surface area (Å²) in [5, 5.41) is 0.432. The molecule has 0 amide bonds. The van der Waals surface area contributed by atoms with Crippen LogP contribution in [0.5, 0.6) is 0 Å². The molecule has 0 aliphatic heterocycles. The molecule has 12 heavy (non-hydrogen) atoms. The number of hydrogen-bond donors (Lipinski definition) is 0. The third-order valence-corrected chi connectivity index (χ3v) is 6.18. The highest BCUT2D eigenvalue weighted by molar-refractivity contribution is 6.59. The second kappa shape index (κ2) is 3.44. The van der Waals surface area contributed by atoms with Gasteiger partial charge in [0.05, 0.1) is 0 Å². The second-order valence-electron chi connectivity index (χ2n) is 4.24. The van der Waals surface area contributed by atoms with Crippen LogP contribution in [0.3, 0.4) is 0 Å². The van der Waals surface area contributed by atoms with Crippen molar-refractivity contribution in [2.75, 3.05) is 0 Å². The van der Waals surface area contributed by atoms with Gasteiger partial charge in [0, 0.05) is 8.80 Å². The van der Waals surface area contributed by atoms with E-state index in [1.807, 2.05) is 0 Å². The van der Waals surface area contributed by atoms with Crippen molar-refractivity contribution >= 4 is 8.80 Å². The fraction of sp³-hybridized carbons (Fsp3) is 0.455. The summed E-state index contributed by atoms with van der Waals surface area (Å²) >= 11 is 0. The second-order valence-corrected chi connectivity index (χ2v) is 8.00. The smallest absolute Gasteiger partial charge is 0.0420 e. The van der Waals surface area contributed by atoms with Gasteiger partial charge in [-0.1, -0.05) is 57.3 Å². The van der Waals surface area contributed by atoms with Gasteiger partial charge in [0.1, 0.15) is 0 Å². The molecule has 0 aliphatic rings. The Labute approximate surface area is 77.2 Å². The van der Waals surface area contributed by atoms with Crippen molar-refractivity contribution < 1.29 is 0 Å². The highest BCUT2D eigenvalue weighted by atomic mass is 28.3. The minimum absolute atomic E-state index is 0.432. The normalized spacial score (nSPS) is 12.1. The summed E-state index contributed by atoms with van der Waals surface area (Å²) < 4.78 is 0. The molecule has 0 nitrogen and oxygen atoms in total. The molecule has 0 saturated carbocycles. The molecule has 1 rings (SSSR count). The summed E-state index contributed by atoms with van der Waals surface area (Å²) in [6.07, 6.45) is 0. The predicted octanol–water partition coefficient (Wildman–Crippen LogP) is 2.99. The molecule has 0 aromatic heterocycles. The number of rotatable bonds is 2. The van der Waals surface area contributed by atoms with E-state index in [2.05, 4.69) is 57.3 Å². The van der Waals surface area contributed by atoms with Gasteiger partial charge in [0.2, 0.25) is 0 Å². The van der Waals surface area contributed by atoms with Crippen LogP contribution < -0.4 is 0 Å².